The number of piperidine rings is 1. The molecule has 150 valence electrons. The van der Waals surface area contributed by atoms with Crippen LogP contribution in [-0.4, -0.2) is 45.0 Å². The van der Waals surface area contributed by atoms with Gasteiger partial charge in [0, 0.05) is 17.0 Å². The molecule has 3 aromatic heterocycles. The number of hydrogen-bond acceptors (Lipinski definition) is 5. The van der Waals surface area contributed by atoms with Gasteiger partial charge in [0.1, 0.15) is 12.0 Å². The van der Waals surface area contributed by atoms with Gasteiger partial charge < -0.3 is 15.0 Å². The Morgan fingerprint density at radius 2 is 2.00 bits per heavy atom. The van der Waals surface area contributed by atoms with Crippen LogP contribution in [0.15, 0.2) is 30.6 Å². The lowest BCUT2D eigenvalue weighted by Gasteiger charge is -2.23. The van der Waals surface area contributed by atoms with Crippen LogP contribution in [0, 0.1) is 0 Å². The number of rotatable bonds is 4. The zero-order chi connectivity index (χ0) is 20.0. The van der Waals surface area contributed by atoms with Gasteiger partial charge in [-0.1, -0.05) is 19.9 Å². The number of methoxy groups -OCH3 is 1. The van der Waals surface area contributed by atoms with Crippen LogP contribution >= 0.6 is 0 Å². The predicted octanol–water partition coefficient (Wildman–Crippen LogP) is 3.87. The number of nitrogens with zero attached hydrogens (tertiary/aromatic N) is 4. The summed E-state index contributed by atoms with van der Waals surface area (Å²) in [6.45, 7) is 6.66. The van der Waals surface area contributed by atoms with Crippen LogP contribution in [-0.2, 0) is 0 Å². The minimum Gasteiger partial charge on any atom is -0.493 e. The summed E-state index contributed by atoms with van der Waals surface area (Å²) in [6.07, 6.45) is 3.89. The molecule has 0 spiro atoms. The van der Waals surface area contributed by atoms with E-state index in [0.717, 1.165) is 30.0 Å². The van der Waals surface area contributed by atoms with Crippen molar-refractivity contribution in [1.82, 2.24) is 30.1 Å². The lowest BCUT2D eigenvalue weighted by Crippen LogP contribution is -2.26. The lowest BCUT2D eigenvalue weighted by molar-refractivity contribution is 0.415. The first-order valence-electron chi connectivity index (χ1n) is 10.3. The largest absolute Gasteiger partial charge is 0.493 e. The van der Waals surface area contributed by atoms with E-state index < -0.39 is 0 Å². The third-order valence-electron chi connectivity index (χ3n) is 5.95. The number of nitrogens with one attached hydrogen (secondary N) is 2. The highest BCUT2D eigenvalue weighted by Gasteiger charge is 2.22. The van der Waals surface area contributed by atoms with Crippen molar-refractivity contribution in [2.45, 2.75) is 38.5 Å². The van der Waals surface area contributed by atoms with Crippen molar-refractivity contribution in [1.29, 1.82) is 0 Å². The number of ether oxygens (including phenoxy) is 1. The minimum absolute atomic E-state index is 0.348. The van der Waals surface area contributed by atoms with Crippen LogP contribution in [0.2, 0.25) is 0 Å². The van der Waals surface area contributed by atoms with Crippen LogP contribution in [0.3, 0.4) is 0 Å². The highest BCUT2D eigenvalue weighted by Crippen LogP contribution is 2.38. The second-order valence-electron chi connectivity index (χ2n) is 8.07. The topological polar surface area (TPSA) is 80.1 Å². The summed E-state index contributed by atoms with van der Waals surface area (Å²) >= 11 is 0. The zero-order valence-electron chi connectivity index (χ0n) is 17.1. The Morgan fingerprint density at radius 1 is 1.17 bits per heavy atom. The lowest BCUT2D eigenvalue weighted by atomic mass is 9.88. The van der Waals surface area contributed by atoms with E-state index in [-0.39, 0.29) is 0 Å². The molecule has 29 heavy (non-hydrogen) atoms. The summed E-state index contributed by atoms with van der Waals surface area (Å²) in [4.78, 5) is 7.85. The van der Waals surface area contributed by atoms with Crippen LogP contribution in [0.25, 0.3) is 27.9 Å². The molecule has 0 unspecified atom stereocenters. The van der Waals surface area contributed by atoms with Gasteiger partial charge >= 0.3 is 0 Å². The van der Waals surface area contributed by atoms with Crippen molar-refractivity contribution in [3.63, 3.8) is 0 Å². The molecule has 0 saturated carbocycles. The molecule has 0 atom stereocenters. The smallest absolute Gasteiger partial charge is 0.218 e. The van der Waals surface area contributed by atoms with Gasteiger partial charge in [-0.2, -0.15) is 0 Å². The van der Waals surface area contributed by atoms with E-state index in [1.165, 1.54) is 40.3 Å². The minimum atomic E-state index is 0.348. The first kappa shape index (κ1) is 18.1. The van der Waals surface area contributed by atoms with Crippen molar-refractivity contribution in [3.8, 4) is 17.1 Å². The monoisotopic (exact) mass is 390 g/mol. The van der Waals surface area contributed by atoms with Crippen molar-refractivity contribution in [3.05, 3.63) is 41.7 Å². The number of H-pyrrole nitrogens is 1. The van der Waals surface area contributed by atoms with E-state index in [1.807, 2.05) is 6.07 Å². The number of hydrogen-bond donors (Lipinski definition) is 2. The van der Waals surface area contributed by atoms with Gasteiger partial charge in [-0.3, -0.25) is 0 Å². The molecule has 7 heteroatoms. The van der Waals surface area contributed by atoms with Gasteiger partial charge in [0.15, 0.2) is 5.75 Å². The Balaban J connectivity index is 1.68. The maximum atomic E-state index is 5.54. The second-order valence-corrected chi connectivity index (χ2v) is 8.07. The first-order chi connectivity index (χ1) is 14.2. The van der Waals surface area contributed by atoms with E-state index >= 15 is 0 Å². The normalized spacial score (nSPS) is 15.6. The summed E-state index contributed by atoms with van der Waals surface area (Å²) in [5.41, 5.74) is 6.30. The maximum Gasteiger partial charge on any atom is 0.218 e. The van der Waals surface area contributed by atoms with E-state index in [4.69, 9.17) is 4.74 Å². The summed E-state index contributed by atoms with van der Waals surface area (Å²) in [5.74, 6) is 1.64. The highest BCUT2D eigenvalue weighted by atomic mass is 16.5. The number of aromatic nitrogens is 5. The molecule has 0 bridgehead atoms. The average Bonchev–Trinajstić information content (AvgIpc) is 3.37. The zero-order valence-corrected chi connectivity index (χ0v) is 17.1. The van der Waals surface area contributed by atoms with Crippen LogP contribution in [0.4, 0.5) is 0 Å². The van der Waals surface area contributed by atoms with Gasteiger partial charge in [0.05, 0.1) is 12.8 Å². The third-order valence-corrected chi connectivity index (χ3v) is 5.95. The molecule has 1 fully saturated rings. The molecule has 2 N–H and O–H groups in total. The van der Waals surface area contributed by atoms with Gasteiger partial charge in [-0.15, -0.1) is 14.8 Å². The van der Waals surface area contributed by atoms with E-state index in [2.05, 4.69) is 57.5 Å². The Bertz CT molecular complexity index is 1170. The Kier molecular flexibility index (Phi) is 4.47. The Hall–Kier alpha value is -2.93. The summed E-state index contributed by atoms with van der Waals surface area (Å²) in [6, 6.07) is 8.81. The van der Waals surface area contributed by atoms with Crippen LogP contribution in [0.5, 0.6) is 5.75 Å². The molecule has 0 amide bonds. The maximum absolute atomic E-state index is 5.54. The van der Waals surface area contributed by atoms with E-state index in [1.54, 1.807) is 7.11 Å². The molecule has 4 aromatic rings. The molecule has 1 saturated heterocycles. The third kappa shape index (κ3) is 3.06. The molecule has 1 aromatic carbocycles. The average molecular weight is 390 g/mol. The molecule has 1 aliphatic rings. The SMILES string of the molecule is COc1cc(-c2[nH]c3ccc(C4CCNCC4)cc3c2C(C)C)nn2ncnc12. The fourth-order valence-electron chi connectivity index (χ4n) is 4.50. The van der Waals surface area contributed by atoms with Gasteiger partial charge in [0.25, 0.3) is 0 Å². The Morgan fingerprint density at radius 3 is 2.76 bits per heavy atom. The van der Waals surface area contributed by atoms with Gasteiger partial charge in [-0.25, -0.2) is 4.98 Å². The fourth-order valence-corrected chi connectivity index (χ4v) is 4.50. The molecule has 4 heterocycles. The van der Waals surface area contributed by atoms with Gasteiger partial charge in [0.2, 0.25) is 5.65 Å². The fraction of sp³-hybridized carbons (Fsp3) is 0.409. The van der Waals surface area contributed by atoms with E-state index in [0.29, 0.717) is 23.2 Å². The molecule has 1 aliphatic heterocycles. The molecular weight excluding hydrogens is 364 g/mol. The number of benzene rings is 1. The standard InChI is InChI=1S/C22H26N6O/c1-13(2)20-16-10-15(14-6-8-23-9-7-14)4-5-17(16)26-21(20)18-11-19(29-3)22-24-12-25-28(22)27-18/h4-5,10-14,23,26H,6-9H2,1-3H3. The van der Waals surface area contributed by atoms with Gasteiger partial charge in [-0.05, 0) is 61.0 Å². The van der Waals surface area contributed by atoms with Crippen molar-refractivity contribution < 1.29 is 4.74 Å². The molecular formula is C22H26N6O. The molecule has 0 aliphatic carbocycles. The predicted molar refractivity (Wildman–Crippen MR) is 114 cm³/mol. The quantitative estimate of drug-likeness (QED) is 0.553. The van der Waals surface area contributed by atoms with Crippen molar-refractivity contribution in [2.75, 3.05) is 20.2 Å². The molecule has 5 rings (SSSR count). The summed E-state index contributed by atoms with van der Waals surface area (Å²) < 4.78 is 7.07. The van der Waals surface area contributed by atoms with Crippen LogP contribution < -0.4 is 10.1 Å². The molecule has 7 nitrogen and oxygen atoms in total. The number of aromatic amines is 1. The Labute approximate surface area is 169 Å². The van der Waals surface area contributed by atoms with Crippen molar-refractivity contribution >= 4 is 16.6 Å². The summed E-state index contributed by atoms with van der Waals surface area (Å²) in [7, 11) is 1.65. The van der Waals surface area contributed by atoms with Crippen molar-refractivity contribution in [2.24, 2.45) is 0 Å². The first-order valence-corrected chi connectivity index (χ1v) is 10.3. The second kappa shape index (κ2) is 7.15. The summed E-state index contributed by atoms with van der Waals surface area (Å²) in [5, 5.41) is 13.6. The highest BCUT2D eigenvalue weighted by molar-refractivity contribution is 5.91. The number of fused-ring (bicyclic) bond motifs is 2. The van der Waals surface area contributed by atoms with E-state index in [9.17, 15) is 0 Å². The van der Waals surface area contributed by atoms with Crippen LogP contribution in [0.1, 0.15) is 49.7 Å². The molecule has 0 radical (unpaired) electrons.